The smallest absolute Gasteiger partial charge is 0.187 e. The fourth-order valence-corrected chi connectivity index (χ4v) is 1.79. The van der Waals surface area contributed by atoms with Gasteiger partial charge < -0.3 is 9.47 Å². The molecule has 1 aromatic carbocycles. The van der Waals surface area contributed by atoms with E-state index in [-0.39, 0.29) is 5.82 Å². The van der Waals surface area contributed by atoms with Crippen molar-refractivity contribution in [2.45, 2.75) is 6.29 Å². The summed E-state index contributed by atoms with van der Waals surface area (Å²) in [5.41, 5.74) is 0.444. The lowest BCUT2D eigenvalue weighted by Crippen LogP contribution is -2.02. The van der Waals surface area contributed by atoms with Gasteiger partial charge in [-0.25, -0.2) is 4.39 Å². The number of halogens is 2. The lowest BCUT2D eigenvalue weighted by atomic mass is 10.2. The Morgan fingerprint density at radius 1 is 1.31 bits per heavy atom. The average Bonchev–Trinajstić information content (AvgIpc) is 2.57. The predicted molar refractivity (Wildman–Crippen MR) is 48.7 cm³/mol. The first-order valence-corrected chi connectivity index (χ1v) is 4.75. The highest BCUT2D eigenvalue weighted by Crippen LogP contribution is 2.31. The van der Waals surface area contributed by atoms with Gasteiger partial charge in [-0.2, -0.15) is 0 Å². The van der Waals surface area contributed by atoms with E-state index in [9.17, 15) is 4.39 Å². The van der Waals surface area contributed by atoms with Gasteiger partial charge >= 0.3 is 0 Å². The lowest BCUT2D eigenvalue weighted by molar-refractivity contribution is -0.0470. The van der Waals surface area contributed by atoms with Crippen LogP contribution in [0.15, 0.2) is 22.7 Å². The summed E-state index contributed by atoms with van der Waals surface area (Å²) in [6.07, 6.45) is -0.560. The summed E-state index contributed by atoms with van der Waals surface area (Å²) < 4.78 is 24.4. The number of benzene rings is 1. The molecule has 0 N–H and O–H groups in total. The molecule has 1 aromatic rings. The summed E-state index contributed by atoms with van der Waals surface area (Å²) in [5.74, 6) is -0.304. The fourth-order valence-electron chi connectivity index (χ4n) is 1.26. The van der Waals surface area contributed by atoms with Crippen molar-refractivity contribution in [2.24, 2.45) is 0 Å². The van der Waals surface area contributed by atoms with Gasteiger partial charge in [-0.1, -0.05) is 22.0 Å². The Morgan fingerprint density at radius 3 is 2.62 bits per heavy atom. The third-order valence-corrected chi connectivity index (χ3v) is 2.55. The molecule has 1 aliphatic heterocycles. The van der Waals surface area contributed by atoms with Crippen LogP contribution in [-0.2, 0) is 9.47 Å². The van der Waals surface area contributed by atoms with Crippen LogP contribution in [0.2, 0.25) is 0 Å². The molecule has 0 radical (unpaired) electrons. The molecule has 0 bridgehead atoms. The van der Waals surface area contributed by atoms with Crippen LogP contribution in [0.25, 0.3) is 0 Å². The van der Waals surface area contributed by atoms with Gasteiger partial charge in [0.05, 0.1) is 18.8 Å². The SMILES string of the molecule is Fc1cccc(Br)c1C1OCCO1. The van der Waals surface area contributed by atoms with Crippen LogP contribution in [0.1, 0.15) is 11.9 Å². The largest absolute Gasteiger partial charge is 0.346 e. The Labute approximate surface area is 83.8 Å². The van der Waals surface area contributed by atoms with Crippen molar-refractivity contribution < 1.29 is 13.9 Å². The quantitative estimate of drug-likeness (QED) is 0.759. The Balaban J connectivity index is 2.37. The Morgan fingerprint density at radius 2 is 2.00 bits per heavy atom. The first-order valence-electron chi connectivity index (χ1n) is 3.96. The van der Waals surface area contributed by atoms with Gasteiger partial charge in [0.2, 0.25) is 0 Å². The van der Waals surface area contributed by atoms with Crippen LogP contribution in [0, 0.1) is 5.82 Å². The van der Waals surface area contributed by atoms with Crippen LogP contribution in [0.4, 0.5) is 4.39 Å². The molecule has 0 amide bonds. The van der Waals surface area contributed by atoms with Gasteiger partial charge in [0.25, 0.3) is 0 Å². The van der Waals surface area contributed by atoms with Crippen molar-refractivity contribution in [3.63, 3.8) is 0 Å². The molecule has 1 aliphatic rings. The summed E-state index contributed by atoms with van der Waals surface area (Å²) in [7, 11) is 0. The van der Waals surface area contributed by atoms with Gasteiger partial charge in [0.15, 0.2) is 6.29 Å². The summed E-state index contributed by atoms with van der Waals surface area (Å²) in [5, 5.41) is 0. The van der Waals surface area contributed by atoms with E-state index in [2.05, 4.69) is 15.9 Å². The highest BCUT2D eigenvalue weighted by atomic mass is 79.9. The van der Waals surface area contributed by atoms with E-state index in [1.165, 1.54) is 6.07 Å². The van der Waals surface area contributed by atoms with Gasteiger partial charge in [-0.3, -0.25) is 0 Å². The van der Waals surface area contributed by atoms with E-state index in [0.717, 1.165) is 0 Å². The summed E-state index contributed by atoms with van der Waals surface area (Å²) in [4.78, 5) is 0. The van der Waals surface area contributed by atoms with Crippen LogP contribution in [0.3, 0.4) is 0 Å². The zero-order chi connectivity index (χ0) is 9.26. The van der Waals surface area contributed by atoms with E-state index < -0.39 is 6.29 Å². The summed E-state index contributed by atoms with van der Waals surface area (Å²) in [6, 6.07) is 4.80. The van der Waals surface area contributed by atoms with Crippen molar-refractivity contribution in [3.05, 3.63) is 34.1 Å². The molecule has 0 unspecified atom stereocenters. The highest BCUT2D eigenvalue weighted by Gasteiger charge is 2.23. The molecule has 13 heavy (non-hydrogen) atoms. The van der Waals surface area contributed by atoms with Crippen molar-refractivity contribution in [1.29, 1.82) is 0 Å². The third kappa shape index (κ3) is 1.75. The van der Waals surface area contributed by atoms with Crippen LogP contribution in [0.5, 0.6) is 0 Å². The van der Waals surface area contributed by atoms with Gasteiger partial charge in [-0.05, 0) is 12.1 Å². The Hall–Kier alpha value is -0.450. The zero-order valence-electron chi connectivity index (χ0n) is 6.80. The van der Waals surface area contributed by atoms with Gasteiger partial charge in [-0.15, -0.1) is 0 Å². The van der Waals surface area contributed by atoms with Crippen molar-refractivity contribution >= 4 is 15.9 Å². The minimum absolute atomic E-state index is 0.304. The number of rotatable bonds is 1. The van der Waals surface area contributed by atoms with Gasteiger partial charge in [0.1, 0.15) is 5.82 Å². The maximum atomic E-state index is 13.3. The van der Waals surface area contributed by atoms with E-state index in [1.54, 1.807) is 12.1 Å². The standard InChI is InChI=1S/C9H8BrFO2/c10-6-2-1-3-7(11)8(6)9-12-4-5-13-9/h1-3,9H,4-5H2. The molecule has 0 aromatic heterocycles. The molecule has 1 fully saturated rings. The number of ether oxygens (including phenoxy) is 2. The highest BCUT2D eigenvalue weighted by molar-refractivity contribution is 9.10. The van der Waals surface area contributed by atoms with Crippen molar-refractivity contribution in [1.82, 2.24) is 0 Å². The minimum atomic E-state index is -0.560. The second-order valence-corrected chi connectivity index (χ2v) is 3.56. The number of hydrogen-bond donors (Lipinski definition) is 0. The molecule has 70 valence electrons. The molecule has 0 saturated carbocycles. The molecule has 0 atom stereocenters. The Bertz CT molecular complexity index is 290. The Kier molecular flexibility index (Phi) is 2.62. The summed E-state index contributed by atoms with van der Waals surface area (Å²) >= 11 is 3.26. The van der Waals surface area contributed by atoms with Crippen molar-refractivity contribution in [2.75, 3.05) is 13.2 Å². The predicted octanol–water partition coefficient (Wildman–Crippen LogP) is 2.63. The first kappa shape index (κ1) is 9.12. The maximum Gasteiger partial charge on any atom is 0.187 e. The minimum Gasteiger partial charge on any atom is -0.346 e. The molecular formula is C9H8BrFO2. The van der Waals surface area contributed by atoms with Crippen molar-refractivity contribution in [3.8, 4) is 0 Å². The molecular weight excluding hydrogens is 239 g/mol. The second-order valence-electron chi connectivity index (χ2n) is 2.71. The topological polar surface area (TPSA) is 18.5 Å². The van der Waals surface area contributed by atoms with E-state index in [0.29, 0.717) is 23.2 Å². The molecule has 1 heterocycles. The lowest BCUT2D eigenvalue weighted by Gasteiger charge is -2.11. The summed E-state index contributed by atoms with van der Waals surface area (Å²) in [6.45, 7) is 1.04. The van der Waals surface area contributed by atoms with Crippen LogP contribution in [-0.4, -0.2) is 13.2 Å². The maximum absolute atomic E-state index is 13.3. The van der Waals surface area contributed by atoms with Crippen LogP contribution < -0.4 is 0 Å². The molecule has 2 nitrogen and oxygen atoms in total. The molecule has 0 spiro atoms. The monoisotopic (exact) mass is 246 g/mol. The molecule has 2 rings (SSSR count). The fraction of sp³-hybridized carbons (Fsp3) is 0.333. The molecule has 1 saturated heterocycles. The van der Waals surface area contributed by atoms with Gasteiger partial charge in [0, 0.05) is 4.47 Å². The second kappa shape index (κ2) is 3.74. The van der Waals surface area contributed by atoms with Crippen LogP contribution >= 0.6 is 15.9 Å². The normalized spacial score (nSPS) is 18.0. The zero-order valence-corrected chi connectivity index (χ0v) is 8.38. The van der Waals surface area contributed by atoms with E-state index >= 15 is 0 Å². The first-order chi connectivity index (χ1) is 6.29. The number of hydrogen-bond acceptors (Lipinski definition) is 2. The van der Waals surface area contributed by atoms with E-state index in [4.69, 9.17) is 9.47 Å². The molecule has 0 aliphatic carbocycles. The average molecular weight is 247 g/mol. The molecule has 4 heteroatoms. The van der Waals surface area contributed by atoms with E-state index in [1.807, 2.05) is 0 Å². The third-order valence-electron chi connectivity index (χ3n) is 1.86.